The lowest BCUT2D eigenvalue weighted by atomic mass is 10.3. The molecule has 1 N–H and O–H groups in total. The van der Waals surface area contributed by atoms with E-state index in [4.69, 9.17) is 11.6 Å². The van der Waals surface area contributed by atoms with E-state index in [1.165, 1.54) is 0 Å². The van der Waals surface area contributed by atoms with Crippen LogP contribution in [0.5, 0.6) is 0 Å². The molecular weight excluding hydrogens is 138 g/mol. The summed E-state index contributed by atoms with van der Waals surface area (Å²) in [5.41, 5.74) is 0. The van der Waals surface area contributed by atoms with Gasteiger partial charge in [0, 0.05) is 10.2 Å². The predicted octanol–water partition coefficient (Wildman–Crippen LogP) is 0.0399. The highest BCUT2D eigenvalue weighted by molar-refractivity contribution is 6.34. The fourth-order valence-corrected chi connectivity index (χ4v) is 0.463. The molecule has 0 aromatic heterocycles. The quantitative estimate of drug-likeness (QED) is 0.332. The molecule has 1 unspecified atom stereocenters. The Balaban J connectivity index is 3.91. The number of alkyl halides is 1. The molecule has 0 amide bonds. The van der Waals surface area contributed by atoms with Crippen LogP contribution in [0.4, 0.5) is 0 Å². The van der Waals surface area contributed by atoms with Crippen molar-refractivity contribution >= 4 is 21.8 Å². The van der Waals surface area contributed by atoms with Gasteiger partial charge in [0.25, 0.3) is 0 Å². The molecule has 0 heterocycles. The average Bonchev–Trinajstić information content (AvgIpc) is 1.67. The van der Waals surface area contributed by atoms with E-state index in [1.54, 1.807) is 0 Å². The van der Waals surface area contributed by atoms with Crippen molar-refractivity contribution in [2.45, 2.75) is 11.9 Å². The molecule has 48 valence electrons. The number of hydrogen-bond acceptors (Lipinski definition) is 1. The standard InChI is InChI=1S/C5H12ClNSi/c1-4(8)5(2,6)7-3/h7H,1H2,2-3,8H3. The maximum Gasteiger partial charge on any atom is 0.107 e. The average molecular weight is 150 g/mol. The Hall–Kier alpha value is 0.207. The van der Waals surface area contributed by atoms with E-state index in [-0.39, 0.29) is 5.00 Å². The smallest absolute Gasteiger partial charge is 0.107 e. The van der Waals surface area contributed by atoms with Crippen LogP contribution in [0.1, 0.15) is 6.92 Å². The molecule has 0 aromatic rings. The van der Waals surface area contributed by atoms with Gasteiger partial charge < -0.3 is 0 Å². The summed E-state index contributed by atoms with van der Waals surface area (Å²) in [6, 6.07) is 0. The van der Waals surface area contributed by atoms with Crippen LogP contribution in [0.25, 0.3) is 0 Å². The zero-order valence-electron chi connectivity index (χ0n) is 5.59. The van der Waals surface area contributed by atoms with Crippen molar-refractivity contribution in [3.63, 3.8) is 0 Å². The van der Waals surface area contributed by atoms with Gasteiger partial charge in [0.1, 0.15) is 5.00 Å². The van der Waals surface area contributed by atoms with Gasteiger partial charge in [-0.1, -0.05) is 16.8 Å². The van der Waals surface area contributed by atoms with Crippen LogP contribution in [0.3, 0.4) is 0 Å². The number of hydrogen-bond donors (Lipinski definition) is 1. The van der Waals surface area contributed by atoms with Crippen LogP contribution in [-0.4, -0.2) is 22.3 Å². The Morgan fingerprint density at radius 1 is 1.88 bits per heavy atom. The molecule has 0 aliphatic heterocycles. The van der Waals surface area contributed by atoms with Crippen LogP contribution in [-0.2, 0) is 0 Å². The van der Waals surface area contributed by atoms with Crippen molar-refractivity contribution in [2.75, 3.05) is 7.05 Å². The third-order valence-electron chi connectivity index (χ3n) is 1.27. The lowest BCUT2D eigenvalue weighted by Crippen LogP contribution is -2.35. The molecule has 3 heteroatoms. The van der Waals surface area contributed by atoms with Gasteiger partial charge in [-0.2, -0.15) is 0 Å². The highest BCUT2D eigenvalue weighted by Gasteiger charge is 2.16. The Kier molecular flexibility index (Phi) is 2.73. The molecule has 0 bridgehead atoms. The topological polar surface area (TPSA) is 12.0 Å². The van der Waals surface area contributed by atoms with E-state index >= 15 is 0 Å². The van der Waals surface area contributed by atoms with E-state index in [9.17, 15) is 0 Å². The summed E-state index contributed by atoms with van der Waals surface area (Å²) in [6.07, 6.45) is 0. The summed E-state index contributed by atoms with van der Waals surface area (Å²) in [7, 11) is 2.78. The SMILES string of the molecule is C=C([SiH3])C(C)(Cl)NC. The fourth-order valence-electron chi connectivity index (χ4n) is 0.213. The van der Waals surface area contributed by atoms with E-state index in [1.807, 2.05) is 14.0 Å². The normalized spacial score (nSPS) is 17.9. The van der Waals surface area contributed by atoms with E-state index in [0.29, 0.717) is 0 Å². The summed E-state index contributed by atoms with van der Waals surface area (Å²) in [5.74, 6) is 0. The predicted molar refractivity (Wildman–Crippen MR) is 42.4 cm³/mol. The molecule has 0 fully saturated rings. The maximum absolute atomic E-state index is 5.88. The maximum atomic E-state index is 5.88. The Morgan fingerprint density at radius 3 is 2.25 bits per heavy atom. The largest absolute Gasteiger partial charge is 0.299 e. The molecule has 0 saturated heterocycles. The van der Waals surface area contributed by atoms with Crippen molar-refractivity contribution in [3.05, 3.63) is 11.8 Å². The van der Waals surface area contributed by atoms with Crippen LogP contribution in [0.15, 0.2) is 11.8 Å². The molecule has 0 rings (SSSR count). The fraction of sp³-hybridized carbons (Fsp3) is 0.600. The first kappa shape index (κ1) is 8.21. The number of nitrogens with one attached hydrogen (secondary N) is 1. The van der Waals surface area contributed by atoms with Crippen molar-refractivity contribution in [1.29, 1.82) is 0 Å². The van der Waals surface area contributed by atoms with E-state index in [0.717, 1.165) is 15.4 Å². The van der Waals surface area contributed by atoms with Gasteiger partial charge in [-0.3, -0.25) is 5.32 Å². The second-order valence-electron chi connectivity index (χ2n) is 2.03. The van der Waals surface area contributed by atoms with E-state index in [2.05, 4.69) is 11.9 Å². The summed E-state index contributed by atoms with van der Waals surface area (Å²) in [4.78, 5) is -0.369. The van der Waals surface area contributed by atoms with E-state index < -0.39 is 0 Å². The Labute approximate surface area is 58.5 Å². The number of likely N-dealkylation sites (N-methyl/N-ethyl adjacent to an activating group) is 1. The Morgan fingerprint density at radius 2 is 2.25 bits per heavy atom. The zero-order chi connectivity index (χ0) is 6.78. The third-order valence-corrected chi connectivity index (χ3v) is 3.10. The van der Waals surface area contributed by atoms with Gasteiger partial charge in [-0.15, -0.1) is 6.58 Å². The third kappa shape index (κ3) is 1.99. The highest BCUT2D eigenvalue weighted by atomic mass is 35.5. The van der Waals surface area contributed by atoms with Crippen molar-refractivity contribution < 1.29 is 0 Å². The minimum atomic E-state index is -0.369. The first-order valence-electron chi connectivity index (χ1n) is 2.54. The second-order valence-corrected chi connectivity index (χ2v) is 4.00. The Bertz CT molecular complexity index is 101. The molecule has 1 nitrogen and oxygen atoms in total. The molecule has 8 heavy (non-hydrogen) atoms. The summed E-state index contributed by atoms with van der Waals surface area (Å²) in [5, 5.41) is 4.01. The number of halogens is 1. The summed E-state index contributed by atoms with van der Waals surface area (Å²) in [6.45, 7) is 5.67. The van der Waals surface area contributed by atoms with Crippen LogP contribution in [0.2, 0.25) is 0 Å². The first-order valence-corrected chi connectivity index (χ1v) is 3.92. The zero-order valence-corrected chi connectivity index (χ0v) is 8.34. The van der Waals surface area contributed by atoms with Gasteiger partial charge in [-0.25, -0.2) is 0 Å². The molecule has 0 spiro atoms. The lowest BCUT2D eigenvalue weighted by molar-refractivity contribution is 0.648. The minimum absolute atomic E-state index is 0.369. The minimum Gasteiger partial charge on any atom is -0.299 e. The van der Waals surface area contributed by atoms with Gasteiger partial charge >= 0.3 is 0 Å². The lowest BCUT2D eigenvalue weighted by Gasteiger charge is -2.20. The molecule has 0 saturated carbocycles. The van der Waals surface area contributed by atoms with Crippen LogP contribution >= 0.6 is 11.6 Å². The second kappa shape index (κ2) is 2.67. The molecule has 0 radical (unpaired) electrons. The van der Waals surface area contributed by atoms with Crippen molar-refractivity contribution in [2.24, 2.45) is 0 Å². The van der Waals surface area contributed by atoms with Crippen LogP contribution < -0.4 is 5.32 Å². The first-order chi connectivity index (χ1) is 3.50. The molecule has 0 aliphatic rings. The molecular formula is C5H12ClNSi. The molecule has 0 aliphatic carbocycles. The van der Waals surface area contributed by atoms with Gasteiger partial charge in [0.15, 0.2) is 0 Å². The summed E-state index contributed by atoms with van der Waals surface area (Å²) < 4.78 is 0. The molecule has 1 atom stereocenters. The highest BCUT2D eigenvalue weighted by Crippen LogP contribution is 2.15. The van der Waals surface area contributed by atoms with Gasteiger partial charge in [0.05, 0.1) is 0 Å². The van der Waals surface area contributed by atoms with Gasteiger partial charge in [0.2, 0.25) is 0 Å². The molecule has 0 aromatic carbocycles. The number of rotatable bonds is 2. The van der Waals surface area contributed by atoms with Gasteiger partial charge in [-0.05, 0) is 14.0 Å². The van der Waals surface area contributed by atoms with Crippen molar-refractivity contribution in [3.8, 4) is 0 Å². The van der Waals surface area contributed by atoms with Crippen molar-refractivity contribution in [1.82, 2.24) is 5.32 Å². The monoisotopic (exact) mass is 149 g/mol. The summed E-state index contributed by atoms with van der Waals surface area (Å²) >= 11 is 5.88. The van der Waals surface area contributed by atoms with Crippen LogP contribution in [0, 0.1) is 0 Å².